The van der Waals surface area contributed by atoms with Gasteiger partial charge in [-0.2, -0.15) is 0 Å². The quantitative estimate of drug-likeness (QED) is 0.824. The van der Waals surface area contributed by atoms with Crippen molar-refractivity contribution in [2.24, 2.45) is 11.1 Å². The first-order valence-electron chi connectivity index (χ1n) is 6.45. The van der Waals surface area contributed by atoms with Crippen molar-refractivity contribution in [2.45, 2.75) is 24.7 Å². The second kappa shape index (κ2) is 5.72. The summed E-state index contributed by atoms with van der Waals surface area (Å²) >= 11 is 0. The smallest absolute Gasteiger partial charge is 0.244 e. The van der Waals surface area contributed by atoms with Crippen molar-refractivity contribution < 1.29 is 17.2 Å². The van der Waals surface area contributed by atoms with E-state index >= 15 is 0 Å². The largest absolute Gasteiger partial charge is 0.320 e. The van der Waals surface area contributed by atoms with Gasteiger partial charge in [-0.15, -0.1) is 0 Å². The Bertz CT molecular complexity index is 716. The van der Waals surface area contributed by atoms with Crippen LogP contribution in [-0.2, 0) is 10.0 Å². The molecule has 0 radical (unpaired) electrons. The monoisotopic (exact) mass is 314 g/mol. The lowest BCUT2D eigenvalue weighted by molar-refractivity contribution is 0.518. The van der Waals surface area contributed by atoms with Gasteiger partial charge in [0.05, 0.1) is 12.1 Å². The molecular weight excluding hydrogens is 298 g/mol. The SMILES string of the molecule is CC1(CNS(=O)(=O)c2c(F)cc(F)cc2C#CCN)CC1. The molecular formula is C14H16F2N2O2S. The van der Waals surface area contributed by atoms with E-state index in [1.54, 1.807) is 0 Å². The van der Waals surface area contributed by atoms with E-state index in [0.717, 1.165) is 18.9 Å². The van der Waals surface area contributed by atoms with Crippen LogP contribution in [0.5, 0.6) is 0 Å². The van der Waals surface area contributed by atoms with Gasteiger partial charge in [0.15, 0.2) is 0 Å². The zero-order valence-corrected chi connectivity index (χ0v) is 12.4. The van der Waals surface area contributed by atoms with Crippen LogP contribution in [0.4, 0.5) is 8.78 Å². The van der Waals surface area contributed by atoms with Gasteiger partial charge < -0.3 is 5.73 Å². The number of hydrogen-bond donors (Lipinski definition) is 2. The third kappa shape index (κ3) is 3.79. The Morgan fingerprint density at radius 2 is 2.05 bits per heavy atom. The van der Waals surface area contributed by atoms with Crippen LogP contribution in [0.3, 0.4) is 0 Å². The summed E-state index contributed by atoms with van der Waals surface area (Å²) in [6.07, 6.45) is 1.84. The van der Waals surface area contributed by atoms with Crippen LogP contribution in [0.25, 0.3) is 0 Å². The fourth-order valence-electron chi connectivity index (χ4n) is 1.80. The summed E-state index contributed by atoms with van der Waals surface area (Å²) in [5.41, 5.74) is 4.90. The van der Waals surface area contributed by atoms with Crippen LogP contribution >= 0.6 is 0 Å². The Morgan fingerprint density at radius 1 is 1.38 bits per heavy atom. The lowest BCUT2D eigenvalue weighted by Gasteiger charge is -2.13. The summed E-state index contributed by atoms with van der Waals surface area (Å²) in [5, 5.41) is 0. The van der Waals surface area contributed by atoms with E-state index in [4.69, 9.17) is 5.73 Å². The topological polar surface area (TPSA) is 72.2 Å². The number of nitrogens with one attached hydrogen (secondary N) is 1. The minimum absolute atomic E-state index is 0.0386. The zero-order chi connectivity index (χ0) is 15.7. The lowest BCUT2D eigenvalue weighted by atomic mass is 10.2. The Hall–Kier alpha value is -1.49. The van der Waals surface area contributed by atoms with E-state index in [-0.39, 0.29) is 24.1 Å². The van der Waals surface area contributed by atoms with Gasteiger partial charge in [-0.25, -0.2) is 21.9 Å². The highest BCUT2D eigenvalue weighted by Crippen LogP contribution is 2.44. The molecule has 0 spiro atoms. The van der Waals surface area contributed by atoms with Crippen molar-refractivity contribution in [3.63, 3.8) is 0 Å². The number of hydrogen-bond acceptors (Lipinski definition) is 3. The number of benzene rings is 1. The Labute approximate surface area is 122 Å². The molecule has 1 aliphatic rings. The van der Waals surface area contributed by atoms with Crippen LogP contribution in [0.1, 0.15) is 25.3 Å². The number of rotatable bonds is 4. The summed E-state index contributed by atoms with van der Waals surface area (Å²) in [4.78, 5) is -0.630. The molecule has 1 fully saturated rings. The summed E-state index contributed by atoms with van der Waals surface area (Å²) < 4.78 is 54.0. The normalized spacial score (nSPS) is 16.2. The minimum atomic E-state index is -4.10. The van der Waals surface area contributed by atoms with Crippen molar-refractivity contribution in [1.29, 1.82) is 0 Å². The van der Waals surface area contributed by atoms with Gasteiger partial charge in [-0.1, -0.05) is 18.8 Å². The van der Waals surface area contributed by atoms with E-state index in [1.807, 2.05) is 6.92 Å². The molecule has 1 aliphatic carbocycles. The molecule has 0 bridgehead atoms. The second-order valence-electron chi connectivity index (χ2n) is 5.41. The van der Waals surface area contributed by atoms with Gasteiger partial charge in [-0.05, 0) is 24.3 Å². The van der Waals surface area contributed by atoms with Gasteiger partial charge in [0.1, 0.15) is 16.5 Å². The van der Waals surface area contributed by atoms with Gasteiger partial charge in [0, 0.05) is 12.6 Å². The minimum Gasteiger partial charge on any atom is -0.320 e. The van der Waals surface area contributed by atoms with Crippen LogP contribution in [-0.4, -0.2) is 21.5 Å². The highest BCUT2D eigenvalue weighted by molar-refractivity contribution is 7.89. The molecule has 0 aliphatic heterocycles. The maximum Gasteiger partial charge on any atom is 0.244 e. The fraction of sp³-hybridized carbons (Fsp3) is 0.429. The third-order valence-corrected chi connectivity index (χ3v) is 4.87. The molecule has 0 saturated heterocycles. The van der Waals surface area contributed by atoms with Crippen molar-refractivity contribution in [3.05, 3.63) is 29.3 Å². The highest BCUT2D eigenvalue weighted by atomic mass is 32.2. The van der Waals surface area contributed by atoms with Crippen LogP contribution < -0.4 is 10.5 Å². The van der Waals surface area contributed by atoms with E-state index in [2.05, 4.69) is 16.6 Å². The van der Waals surface area contributed by atoms with Crippen LogP contribution in [0.2, 0.25) is 0 Å². The van der Waals surface area contributed by atoms with Gasteiger partial charge >= 0.3 is 0 Å². The zero-order valence-electron chi connectivity index (χ0n) is 11.5. The first-order valence-corrected chi connectivity index (χ1v) is 7.93. The number of halogens is 2. The molecule has 0 amide bonds. The number of sulfonamides is 1. The van der Waals surface area contributed by atoms with Crippen LogP contribution in [0.15, 0.2) is 17.0 Å². The summed E-state index contributed by atoms with van der Waals surface area (Å²) in [5.74, 6) is 2.76. The molecule has 2 rings (SSSR count). The highest BCUT2D eigenvalue weighted by Gasteiger charge is 2.38. The lowest BCUT2D eigenvalue weighted by Crippen LogP contribution is -2.30. The molecule has 1 aromatic carbocycles. The van der Waals surface area contributed by atoms with Crippen molar-refractivity contribution in [1.82, 2.24) is 4.72 Å². The van der Waals surface area contributed by atoms with Crippen molar-refractivity contribution in [3.8, 4) is 11.8 Å². The molecule has 21 heavy (non-hydrogen) atoms. The van der Waals surface area contributed by atoms with Gasteiger partial charge in [-0.3, -0.25) is 0 Å². The number of nitrogens with two attached hydrogens (primary N) is 1. The van der Waals surface area contributed by atoms with Crippen LogP contribution in [0, 0.1) is 28.9 Å². The van der Waals surface area contributed by atoms with Crippen molar-refractivity contribution in [2.75, 3.05) is 13.1 Å². The molecule has 7 heteroatoms. The fourth-order valence-corrected chi connectivity index (χ4v) is 3.20. The molecule has 0 unspecified atom stereocenters. The maximum atomic E-state index is 13.9. The second-order valence-corrected chi connectivity index (χ2v) is 7.11. The average Bonchev–Trinajstić information content (AvgIpc) is 3.12. The molecule has 114 valence electrons. The van der Waals surface area contributed by atoms with Gasteiger partial charge in [0.25, 0.3) is 0 Å². The Morgan fingerprint density at radius 3 is 2.62 bits per heavy atom. The first-order chi connectivity index (χ1) is 9.77. The predicted octanol–water partition coefficient (Wildman–Crippen LogP) is 1.35. The molecule has 0 heterocycles. The maximum absolute atomic E-state index is 13.9. The Kier molecular flexibility index (Phi) is 4.33. The van der Waals surface area contributed by atoms with E-state index in [9.17, 15) is 17.2 Å². The molecule has 1 aromatic rings. The van der Waals surface area contributed by atoms with Gasteiger partial charge in [0.2, 0.25) is 10.0 Å². The average molecular weight is 314 g/mol. The van der Waals surface area contributed by atoms with E-state index < -0.39 is 26.6 Å². The molecule has 1 saturated carbocycles. The van der Waals surface area contributed by atoms with Crippen molar-refractivity contribution >= 4 is 10.0 Å². The predicted molar refractivity (Wildman–Crippen MR) is 74.8 cm³/mol. The Balaban J connectivity index is 2.40. The molecule has 3 N–H and O–H groups in total. The third-order valence-electron chi connectivity index (χ3n) is 3.39. The first kappa shape index (κ1) is 15.9. The molecule has 0 aromatic heterocycles. The molecule has 4 nitrogen and oxygen atoms in total. The van der Waals surface area contributed by atoms with E-state index in [1.165, 1.54) is 0 Å². The summed E-state index contributed by atoms with van der Waals surface area (Å²) in [6.45, 7) is 2.12. The summed E-state index contributed by atoms with van der Waals surface area (Å²) in [6, 6.07) is 1.42. The standard InChI is InChI=1S/C14H16F2N2O2S/c1-14(4-5-14)9-18-21(19,20)13-10(3-2-6-17)7-11(15)8-12(13)16/h7-8,18H,4-6,9,17H2,1H3. The molecule has 0 atom stereocenters. The van der Waals surface area contributed by atoms with E-state index in [0.29, 0.717) is 6.07 Å². The summed E-state index contributed by atoms with van der Waals surface area (Å²) in [7, 11) is -4.10.